The van der Waals surface area contributed by atoms with Crippen LogP contribution in [-0.4, -0.2) is 20.1 Å². The zero-order chi connectivity index (χ0) is 16.7. The van der Waals surface area contributed by atoms with Crippen molar-refractivity contribution >= 4 is 11.6 Å². The van der Waals surface area contributed by atoms with Crippen molar-refractivity contribution in [3.05, 3.63) is 59.2 Å². The molecule has 0 fully saturated rings. The summed E-state index contributed by atoms with van der Waals surface area (Å²) in [5, 5.41) is 2.93. The average molecular weight is 313 g/mol. The van der Waals surface area contributed by atoms with Crippen LogP contribution in [-0.2, 0) is 22.6 Å². The van der Waals surface area contributed by atoms with Gasteiger partial charge in [-0.15, -0.1) is 0 Å². The molecule has 0 aliphatic carbocycles. The summed E-state index contributed by atoms with van der Waals surface area (Å²) in [6.45, 7) is 2.54. The fraction of sp³-hybridized carbons (Fsp3) is 0.316. The SMILES string of the molecule is COCc1cccc(NC(=O)CCc2ccc(OC)c(C)c2)c1. The number of benzene rings is 2. The lowest BCUT2D eigenvalue weighted by Gasteiger charge is -2.09. The fourth-order valence-electron chi connectivity index (χ4n) is 2.48. The molecule has 2 aromatic rings. The van der Waals surface area contributed by atoms with E-state index in [9.17, 15) is 4.79 Å². The van der Waals surface area contributed by atoms with Crippen LogP contribution < -0.4 is 10.1 Å². The van der Waals surface area contributed by atoms with Gasteiger partial charge >= 0.3 is 0 Å². The van der Waals surface area contributed by atoms with Crippen molar-refractivity contribution in [2.75, 3.05) is 19.5 Å². The summed E-state index contributed by atoms with van der Waals surface area (Å²) in [6.07, 6.45) is 1.15. The number of methoxy groups -OCH3 is 2. The molecule has 0 aromatic heterocycles. The number of carbonyl (C=O) groups is 1. The molecule has 0 radical (unpaired) electrons. The number of nitrogens with one attached hydrogen (secondary N) is 1. The maximum absolute atomic E-state index is 12.1. The first-order valence-corrected chi connectivity index (χ1v) is 7.63. The van der Waals surface area contributed by atoms with Gasteiger partial charge in [-0.05, 0) is 48.2 Å². The third kappa shape index (κ3) is 5.11. The Morgan fingerprint density at radius 1 is 1.09 bits per heavy atom. The standard InChI is InChI=1S/C19H23NO3/c1-14-11-15(7-9-18(14)23-3)8-10-19(21)20-17-6-4-5-16(12-17)13-22-2/h4-7,9,11-12H,8,10,13H2,1-3H3,(H,20,21). The van der Waals surface area contributed by atoms with Gasteiger partial charge in [-0.1, -0.05) is 24.3 Å². The van der Waals surface area contributed by atoms with Crippen molar-refractivity contribution in [3.63, 3.8) is 0 Å². The molecule has 2 aromatic carbocycles. The molecule has 0 unspecified atom stereocenters. The lowest BCUT2D eigenvalue weighted by Crippen LogP contribution is -2.12. The van der Waals surface area contributed by atoms with Gasteiger partial charge in [-0.3, -0.25) is 4.79 Å². The number of rotatable bonds is 7. The summed E-state index contributed by atoms with van der Waals surface area (Å²) in [5.41, 5.74) is 4.05. The molecule has 4 nitrogen and oxygen atoms in total. The van der Waals surface area contributed by atoms with Gasteiger partial charge in [0.2, 0.25) is 5.91 Å². The van der Waals surface area contributed by atoms with E-state index in [-0.39, 0.29) is 5.91 Å². The third-order valence-electron chi connectivity index (χ3n) is 3.62. The molecule has 1 N–H and O–H groups in total. The van der Waals surface area contributed by atoms with E-state index >= 15 is 0 Å². The van der Waals surface area contributed by atoms with Gasteiger partial charge in [0.15, 0.2) is 0 Å². The van der Waals surface area contributed by atoms with E-state index < -0.39 is 0 Å². The largest absolute Gasteiger partial charge is 0.496 e. The number of hydrogen-bond acceptors (Lipinski definition) is 3. The van der Waals surface area contributed by atoms with Crippen molar-refractivity contribution in [2.45, 2.75) is 26.4 Å². The number of ether oxygens (including phenoxy) is 2. The van der Waals surface area contributed by atoms with Crippen LogP contribution in [0.3, 0.4) is 0 Å². The predicted octanol–water partition coefficient (Wildman–Crippen LogP) is 3.72. The minimum absolute atomic E-state index is 0.00744. The molecule has 122 valence electrons. The molecule has 0 heterocycles. The smallest absolute Gasteiger partial charge is 0.224 e. The topological polar surface area (TPSA) is 47.6 Å². The second kappa shape index (κ2) is 8.34. The molecular formula is C19H23NO3. The number of hydrogen-bond donors (Lipinski definition) is 1. The highest BCUT2D eigenvalue weighted by atomic mass is 16.5. The minimum Gasteiger partial charge on any atom is -0.496 e. The molecule has 0 aliphatic heterocycles. The second-order valence-corrected chi connectivity index (χ2v) is 5.49. The zero-order valence-corrected chi connectivity index (χ0v) is 13.9. The van der Waals surface area contributed by atoms with E-state index in [0.29, 0.717) is 19.4 Å². The Kier molecular flexibility index (Phi) is 6.18. The highest BCUT2D eigenvalue weighted by Gasteiger charge is 2.06. The van der Waals surface area contributed by atoms with Crippen molar-refractivity contribution in [1.82, 2.24) is 0 Å². The Hall–Kier alpha value is -2.33. The van der Waals surface area contributed by atoms with Crippen LogP contribution in [0.1, 0.15) is 23.1 Å². The van der Waals surface area contributed by atoms with Crippen LogP contribution in [0.15, 0.2) is 42.5 Å². The molecule has 2 rings (SSSR count). The van der Waals surface area contributed by atoms with Crippen LogP contribution >= 0.6 is 0 Å². The van der Waals surface area contributed by atoms with E-state index in [0.717, 1.165) is 28.1 Å². The van der Waals surface area contributed by atoms with Gasteiger partial charge in [0, 0.05) is 19.2 Å². The van der Waals surface area contributed by atoms with Crippen LogP contribution in [0.25, 0.3) is 0 Å². The predicted molar refractivity (Wildman–Crippen MR) is 91.8 cm³/mol. The molecule has 0 saturated carbocycles. The summed E-state index contributed by atoms with van der Waals surface area (Å²) in [4.78, 5) is 12.1. The fourth-order valence-corrected chi connectivity index (χ4v) is 2.48. The first-order chi connectivity index (χ1) is 11.1. The minimum atomic E-state index is 0.00744. The molecule has 0 saturated heterocycles. The highest BCUT2D eigenvalue weighted by Crippen LogP contribution is 2.19. The van der Waals surface area contributed by atoms with Gasteiger partial charge in [-0.25, -0.2) is 0 Å². The summed E-state index contributed by atoms with van der Waals surface area (Å²) in [6, 6.07) is 13.7. The molecular weight excluding hydrogens is 290 g/mol. The van der Waals surface area contributed by atoms with Gasteiger partial charge < -0.3 is 14.8 Å². The quantitative estimate of drug-likeness (QED) is 0.847. The monoisotopic (exact) mass is 313 g/mol. The molecule has 0 aliphatic rings. The van der Waals surface area contributed by atoms with E-state index in [4.69, 9.17) is 9.47 Å². The Bertz CT molecular complexity index is 667. The summed E-state index contributed by atoms with van der Waals surface area (Å²) >= 11 is 0. The van der Waals surface area contributed by atoms with E-state index in [1.807, 2.05) is 43.3 Å². The van der Waals surface area contributed by atoms with Gasteiger partial charge in [0.1, 0.15) is 5.75 Å². The van der Waals surface area contributed by atoms with E-state index in [1.54, 1.807) is 14.2 Å². The van der Waals surface area contributed by atoms with Crippen molar-refractivity contribution in [1.29, 1.82) is 0 Å². The maximum atomic E-state index is 12.1. The molecule has 0 atom stereocenters. The summed E-state index contributed by atoms with van der Waals surface area (Å²) in [7, 11) is 3.31. The molecule has 4 heteroatoms. The lowest BCUT2D eigenvalue weighted by molar-refractivity contribution is -0.116. The number of anilines is 1. The van der Waals surface area contributed by atoms with Crippen LogP contribution in [0.2, 0.25) is 0 Å². The van der Waals surface area contributed by atoms with Crippen LogP contribution in [0.4, 0.5) is 5.69 Å². The zero-order valence-electron chi connectivity index (χ0n) is 13.9. The normalized spacial score (nSPS) is 10.4. The van der Waals surface area contributed by atoms with Gasteiger partial charge in [0.05, 0.1) is 13.7 Å². The number of carbonyl (C=O) groups excluding carboxylic acids is 1. The average Bonchev–Trinajstić information content (AvgIpc) is 2.54. The molecule has 0 bridgehead atoms. The summed E-state index contributed by atoms with van der Waals surface area (Å²) < 4.78 is 10.3. The lowest BCUT2D eigenvalue weighted by atomic mass is 10.1. The van der Waals surface area contributed by atoms with E-state index in [1.165, 1.54) is 0 Å². The van der Waals surface area contributed by atoms with Crippen molar-refractivity contribution < 1.29 is 14.3 Å². The van der Waals surface area contributed by atoms with Crippen molar-refractivity contribution in [2.24, 2.45) is 0 Å². The van der Waals surface area contributed by atoms with Gasteiger partial charge in [-0.2, -0.15) is 0 Å². The van der Waals surface area contributed by atoms with Crippen LogP contribution in [0, 0.1) is 6.92 Å². The Balaban J connectivity index is 1.90. The van der Waals surface area contributed by atoms with Crippen LogP contribution in [0.5, 0.6) is 5.75 Å². The van der Waals surface area contributed by atoms with E-state index in [2.05, 4.69) is 11.4 Å². The maximum Gasteiger partial charge on any atom is 0.224 e. The number of amides is 1. The number of aryl methyl sites for hydroxylation is 2. The Labute approximate surface area is 137 Å². The Morgan fingerprint density at radius 2 is 1.91 bits per heavy atom. The third-order valence-corrected chi connectivity index (χ3v) is 3.62. The second-order valence-electron chi connectivity index (χ2n) is 5.49. The summed E-state index contributed by atoms with van der Waals surface area (Å²) in [5.74, 6) is 0.876. The Morgan fingerprint density at radius 3 is 2.61 bits per heavy atom. The molecule has 0 spiro atoms. The molecule has 23 heavy (non-hydrogen) atoms. The highest BCUT2D eigenvalue weighted by molar-refractivity contribution is 5.90. The molecule has 1 amide bonds. The first-order valence-electron chi connectivity index (χ1n) is 7.63. The first kappa shape index (κ1) is 17.0. The van der Waals surface area contributed by atoms with Gasteiger partial charge in [0.25, 0.3) is 0 Å². The van der Waals surface area contributed by atoms with Crippen molar-refractivity contribution in [3.8, 4) is 5.75 Å².